The van der Waals surface area contributed by atoms with Gasteiger partial charge in [0, 0.05) is 12.1 Å². The molecule has 0 aromatic carbocycles. The minimum atomic E-state index is -0.677. The fourth-order valence-electron chi connectivity index (χ4n) is 1.53. The minimum absolute atomic E-state index is 0.132. The van der Waals surface area contributed by atoms with Crippen LogP contribution in [0.15, 0.2) is 0 Å². The van der Waals surface area contributed by atoms with E-state index in [2.05, 4.69) is 5.32 Å². The van der Waals surface area contributed by atoms with Gasteiger partial charge in [-0.2, -0.15) is 0 Å². The summed E-state index contributed by atoms with van der Waals surface area (Å²) in [5, 5.41) is 11.8. The second-order valence-electron chi connectivity index (χ2n) is 3.04. The van der Waals surface area contributed by atoms with Crippen molar-refractivity contribution in [1.29, 1.82) is 0 Å². The predicted molar refractivity (Wildman–Crippen MR) is 37.8 cm³/mol. The second kappa shape index (κ2) is 2.58. The van der Waals surface area contributed by atoms with Crippen molar-refractivity contribution in [3.8, 4) is 0 Å². The van der Waals surface area contributed by atoms with Gasteiger partial charge in [-0.05, 0) is 20.3 Å². The summed E-state index contributed by atoms with van der Waals surface area (Å²) in [6.07, 6.45) is 0.760. The van der Waals surface area contributed by atoms with Gasteiger partial charge < -0.3 is 10.4 Å². The molecular weight excluding hydrogens is 130 g/mol. The van der Waals surface area contributed by atoms with Gasteiger partial charge in [-0.25, -0.2) is 0 Å². The Morgan fingerprint density at radius 3 is 2.40 bits per heavy atom. The molecule has 1 aliphatic heterocycles. The van der Waals surface area contributed by atoms with Crippen LogP contribution in [0.1, 0.15) is 20.3 Å². The van der Waals surface area contributed by atoms with E-state index >= 15 is 0 Å². The van der Waals surface area contributed by atoms with Crippen molar-refractivity contribution in [2.75, 3.05) is 0 Å². The van der Waals surface area contributed by atoms with Crippen molar-refractivity contribution in [3.63, 3.8) is 0 Å². The van der Waals surface area contributed by atoms with E-state index in [1.807, 2.05) is 13.8 Å². The number of nitrogens with one attached hydrogen (secondary N) is 1. The molecule has 0 saturated carbocycles. The average molecular weight is 143 g/mol. The molecule has 3 unspecified atom stereocenters. The largest absolute Gasteiger partial charge is 0.481 e. The molecule has 0 aromatic rings. The van der Waals surface area contributed by atoms with Crippen LogP contribution in [-0.4, -0.2) is 23.2 Å². The van der Waals surface area contributed by atoms with Gasteiger partial charge in [-0.3, -0.25) is 4.79 Å². The fraction of sp³-hybridized carbons (Fsp3) is 0.857. The first-order valence-electron chi connectivity index (χ1n) is 3.60. The second-order valence-corrected chi connectivity index (χ2v) is 3.04. The zero-order valence-corrected chi connectivity index (χ0v) is 6.29. The van der Waals surface area contributed by atoms with Gasteiger partial charge in [-0.15, -0.1) is 0 Å². The van der Waals surface area contributed by atoms with Crippen molar-refractivity contribution in [2.45, 2.75) is 32.4 Å². The van der Waals surface area contributed by atoms with Crippen LogP contribution in [0.5, 0.6) is 0 Å². The lowest BCUT2D eigenvalue weighted by molar-refractivity contribution is -0.141. The molecule has 3 atom stereocenters. The van der Waals surface area contributed by atoms with E-state index in [-0.39, 0.29) is 12.0 Å². The molecule has 0 spiro atoms. The van der Waals surface area contributed by atoms with E-state index in [0.29, 0.717) is 6.04 Å². The summed E-state index contributed by atoms with van der Waals surface area (Å²) in [7, 11) is 0. The lowest BCUT2D eigenvalue weighted by atomic mass is 10.0. The third-order valence-electron chi connectivity index (χ3n) is 2.08. The van der Waals surface area contributed by atoms with Gasteiger partial charge in [0.15, 0.2) is 0 Å². The van der Waals surface area contributed by atoms with Crippen molar-refractivity contribution in [2.24, 2.45) is 5.92 Å². The Hall–Kier alpha value is -0.570. The SMILES string of the molecule is CC1CC(C(=O)O)C(C)N1. The van der Waals surface area contributed by atoms with E-state index in [4.69, 9.17) is 5.11 Å². The lowest BCUT2D eigenvalue weighted by Gasteiger charge is -2.07. The number of carboxylic acid groups (broad SMARTS) is 1. The lowest BCUT2D eigenvalue weighted by Crippen LogP contribution is -2.29. The van der Waals surface area contributed by atoms with E-state index in [0.717, 1.165) is 6.42 Å². The molecule has 0 radical (unpaired) electrons. The molecule has 0 aromatic heterocycles. The number of aliphatic carboxylic acids is 1. The summed E-state index contributed by atoms with van der Waals surface area (Å²) in [5.74, 6) is -0.862. The van der Waals surface area contributed by atoms with Crippen molar-refractivity contribution in [3.05, 3.63) is 0 Å². The summed E-state index contributed by atoms with van der Waals surface area (Å²) in [6.45, 7) is 3.93. The Morgan fingerprint density at radius 2 is 2.20 bits per heavy atom. The topological polar surface area (TPSA) is 49.3 Å². The van der Waals surface area contributed by atoms with Gasteiger partial charge in [0.2, 0.25) is 0 Å². The molecule has 1 rings (SSSR count). The van der Waals surface area contributed by atoms with Crippen LogP contribution in [0.4, 0.5) is 0 Å². The van der Waals surface area contributed by atoms with E-state index in [1.165, 1.54) is 0 Å². The van der Waals surface area contributed by atoms with Crippen molar-refractivity contribution >= 4 is 5.97 Å². The Kier molecular flexibility index (Phi) is 1.94. The Balaban J connectivity index is 2.54. The molecule has 0 bridgehead atoms. The summed E-state index contributed by atoms with van der Waals surface area (Å²) in [6, 6.07) is 0.489. The molecule has 1 aliphatic rings. The van der Waals surface area contributed by atoms with Gasteiger partial charge in [-0.1, -0.05) is 0 Å². The minimum Gasteiger partial charge on any atom is -0.481 e. The predicted octanol–water partition coefficient (Wildman–Crippen LogP) is 0.457. The Labute approximate surface area is 60.4 Å². The van der Waals surface area contributed by atoms with Crippen LogP contribution in [0.2, 0.25) is 0 Å². The first-order chi connectivity index (χ1) is 4.61. The van der Waals surface area contributed by atoms with E-state index in [9.17, 15) is 4.79 Å². The first-order valence-corrected chi connectivity index (χ1v) is 3.60. The summed E-state index contributed by atoms with van der Waals surface area (Å²) in [5.41, 5.74) is 0. The summed E-state index contributed by atoms with van der Waals surface area (Å²) in [4.78, 5) is 10.5. The molecule has 2 N–H and O–H groups in total. The summed E-state index contributed by atoms with van der Waals surface area (Å²) >= 11 is 0. The zero-order valence-electron chi connectivity index (χ0n) is 6.29. The molecule has 0 amide bonds. The number of carbonyl (C=O) groups is 1. The maximum atomic E-state index is 10.5. The molecular formula is C7H13NO2. The average Bonchev–Trinajstić information content (AvgIpc) is 2.10. The monoisotopic (exact) mass is 143 g/mol. The van der Waals surface area contributed by atoms with Gasteiger partial charge in [0.1, 0.15) is 0 Å². The van der Waals surface area contributed by atoms with Crippen LogP contribution < -0.4 is 5.32 Å². The third kappa shape index (κ3) is 1.29. The van der Waals surface area contributed by atoms with E-state index in [1.54, 1.807) is 0 Å². The normalized spacial score (nSPS) is 40.0. The third-order valence-corrected chi connectivity index (χ3v) is 2.08. The molecule has 1 saturated heterocycles. The fourth-order valence-corrected chi connectivity index (χ4v) is 1.53. The molecule has 58 valence electrons. The van der Waals surface area contributed by atoms with Gasteiger partial charge in [0.25, 0.3) is 0 Å². The van der Waals surface area contributed by atoms with Gasteiger partial charge in [0.05, 0.1) is 5.92 Å². The first kappa shape index (κ1) is 7.54. The van der Waals surface area contributed by atoms with Crippen LogP contribution in [-0.2, 0) is 4.79 Å². The number of rotatable bonds is 1. The number of carboxylic acids is 1. The molecule has 0 aliphatic carbocycles. The highest BCUT2D eigenvalue weighted by Crippen LogP contribution is 2.19. The van der Waals surface area contributed by atoms with Crippen LogP contribution in [0, 0.1) is 5.92 Å². The molecule has 10 heavy (non-hydrogen) atoms. The number of hydrogen-bond acceptors (Lipinski definition) is 2. The van der Waals surface area contributed by atoms with Crippen LogP contribution in [0.25, 0.3) is 0 Å². The zero-order chi connectivity index (χ0) is 7.72. The standard InChI is InChI=1S/C7H13NO2/c1-4-3-6(7(9)10)5(2)8-4/h4-6,8H,3H2,1-2H3,(H,9,10). The molecule has 3 heteroatoms. The maximum absolute atomic E-state index is 10.5. The maximum Gasteiger partial charge on any atom is 0.308 e. The molecule has 1 heterocycles. The molecule has 3 nitrogen and oxygen atoms in total. The molecule has 1 fully saturated rings. The van der Waals surface area contributed by atoms with E-state index < -0.39 is 5.97 Å². The highest BCUT2D eigenvalue weighted by molar-refractivity contribution is 5.71. The summed E-state index contributed by atoms with van der Waals surface area (Å²) < 4.78 is 0. The Bertz CT molecular complexity index is 147. The quantitative estimate of drug-likeness (QED) is 0.560. The highest BCUT2D eigenvalue weighted by atomic mass is 16.4. The van der Waals surface area contributed by atoms with Crippen molar-refractivity contribution in [1.82, 2.24) is 5.32 Å². The van der Waals surface area contributed by atoms with Crippen molar-refractivity contribution < 1.29 is 9.90 Å². The van der Waals surface area contributed by atoms with Crippen LogP contribution in [0.3, 0.4) is 0 Å². The Morgan fingerprint density at radius 1 is 1.60 bits per heavy atom. The van der Waals surface area contributed by atoms with Gasteiger partial charge >= 0.3 is 5.97 Å². The number of hydrogen-bond donors (Lipinski definition) is 2. The highest BCUT2D eigenvalue weighted by Gasteiger charge is 2.32. The van der Waals surface area contributed by atoms with Crippen LogP contribution >= 0.6 is 0 Å². The smallest absolute Gasteiger partial charge is 0.308 e.